The van der Waals surface area contributed by atoms with E-state index in [1.807, 2.05) is 43.3 Å². The van der Waals surface area contributed by atoms with Crippen LogP contribution in [0.5, 0.6) is 0 Å². The van der Waals surface area contributed by atoms with Crippen molar-refractivity contribution >= 4 is 11.6 Å². The van der Waals surface area contributed by atoms with E-state index in [0.29, 0.717) is 11.7 Å². The predicted octanol–water partition coefficient (Wildman–Crippen LogP) is 2.84. The standard InChI is InChI=1S/C20H25N3O2/c1-22(2)16-5-3-4-15(12-16)18-6-7-19(25-18)20(24)21-17-13-23-10-8-14(17)9-11-23/h3-7,12,14,17H,8-11,13H2,1-2H3,(H,21,24). The van der Waals surface area contributed by atoms with Gasteiger partial charge in [-0.3, -0.25) is 4.79 Å². The van der Waals surface area contributed by atoms with Crippen LogP contribution in [0.15, 0.2) is 40.8 Å². The number of nitrogens with zero attached hydrogens (tertiary/aromatic N) is 2. The Morgan fingerprint density at radius 1 is 1.20 bits per heavy atom. The highest BCUT2D eigenvalue weighted by molar-refractivity contribution is 5.92. The minimum Gasteiger partial charge on any atom is -0.451 e. The van der Waals surface area contributed by atoms with E-state index in [-0.39, 0.29) is 11.9 Å². The molecule has 1 aromatic carbocycles. The molecule has 5 nitrogen and oxygen atoms in total. The van der Waals surface area contributed by atoms with Gasteiger partial charge in [0.2, 0.25) is 0 Å². The molecule has 4 heterocycles. The maximum Gasteiger partial charge on any atom is 0.287 e. The third-order valence-electron chi connectivity index (χ3n) is 5.45. The maximum absolute atomic E-state index is 12.6. The molecule has 1 N–H and O–H groups in total. The van der Waals surface area contributed by atoms with Crippen LogP contribution < -0.4 is 10.2 Å². The molecule has 0 spiro atoms. The molecule has 3 fully saturated rings. The number of rotatable bonds is 4. The number of fused-ring (bicyclic) bond motifs is 3. The van der Waals surface area contributed by atoms with Crippen molar-refractivity contribution < 1.29 is 9.21 Å². The fraction of sp³-hybridized carbons (Fsp3) is 0.450. The van der Waals surface area contributed by atoms with E-state index in [4.69, 9.17) is 4.42 Å². The van der Waals surface area contributed by atoms with Crippen LogP contribution in [-0.4, -0.2) is 50.6 Å². The summed E-state index contributed by atoms with van der Waals surface area (Å²) < 4.78 is 5.84. The van der Waals surface area contributed by atoms with Crippen LogP contribution in [0.4, 0.5) is 5.69 Å². The number of nitrogens with one attached hydrogen (secondary N) is 1. The second-order valence-corrected chi connectivity index (χ2v) is 7.33. The van der Waals surface area contributed by atoms with Gasteiger partial charge in [0.05, 0.1) is 0 Å². The number of anilines is 1. The second kappa shape index (κ2) is 6.56. The summed E-state index contributed by atoms with van der Waals surface area (Å²) in [7, 11) is 4.02. The quantitative estimate of drug-likeness (QED) is 0.931. The van der Waals surface area contributed by atoms with Gasteiger partial charge in [-0.25, -0.2) is 0 Å². The van der Waals surface area contributed by atoms with Crippen LogP contribution in [0.2, 0.25) is 0 Å². The lowest BCUT2D eigenvalue weighted by molar-refractivity contribution is 0.0606. The fourth-order valence-corrected chi connectivity index (χ4v) is 3.92. The smallest absolute Gasteiger partial charge is 0.287 e. The van der Waals surface area contributed by atoms with Crippen LogP contribution in [0.25, 0.3) is 11.3 Å². The van der Waals surface area contributed by atoms with Gasteiger partial charge < -0.3 is 19.5 Å². The van der Waals surface area contributed by atoms with E-state index in [0.717, 1.165) is 23.6 Å². The van der Waals surface area contributed by atoms with E-state index in [1.165, 1.54) is 25.9 Å². The molecule has 25 heavy (non-hydrogen) atoms. The van der Waals surface area contributed by atoms with Crippen LogP contribution in [0.1, 0.15) is 23.4 Å². The summed E-state index contributed by atoms with van der Waals surface area (Å²) in [6.45, 7) is 3.31. The number of carbonyl (C=O) groups excluding carboxylic acids is 1. The van der Waals surface area contributed by atoms with Crippen molar-refractivity contribution in [2.24, 2.45) is 5.92 Å². The van der Waals surface area contributed by atoms with Crippen molar-refractivity contribution in [3.63, 3.8) is 0 Å². The molecule has 3 saturated heterocycles. The molecule has 0 saturated carbocycles. The minimum atomic E-state index is -0.103. The topological polar surface area (TPSA) is 48.7 Å². The summed E-state index contributed by atoms with van der Waals surface area (Å²) in [6.07, 6.45) is 2.37. The molecule has 3 aliphatic heterocycles. The van der Waals surface area contributed by atoms with Crippen LogP contribution >= 0.6 is 0 Å². The third-order valence-corrected chi connectivity index (χ3v) is 5.45. The summed E-state index contributed by atoms with van der Waals surface area (Å²) in [4.78, 5) is 17.1. The summed E-state index contributed by atoms with van der Waals surface area (Å²) >= 11 is 0. The molecular weight excluding hydrogens is 314 g/mol. The predicted molar refractivity (Wildman–Crippen MR) is 98.9 cm³/mol. The molecule has 132 valence electrons. The second-order valence-electron chi connectivity index (χ2n) is 7.33. The Labute approximate surface area is 148 Å². The highest BCUT2D eigenvalue weighted by Gasteiger charge is 2.35. The first-order chi connectivity index (χ1) is 12.1. The van der Waals surface area contributed by atoms with Gasteiger partial charge in [-0.2, -0.15) is 0 Å². The first-order valence-corrected chi connectivity index (χ1v) is 9.01. The Balaban J connectivity index is 1.47. The monoisotopic (exact) mass is 339 g/mol. The Morgan fingerprint density at radius 2 is 2.00 bits per heavy atom. The Kier molecular flexibility index (Phi) is 4.25. The molecule has 2 bridgehead atoms. The van der Waals surface area contributed by atoms with E-state index in [1.54, 1.807) is 6.07 Å². The average molecular weight is 339 g/mol. The van der Waals surface area contributed by atoms with Gasteiger partial charge >= 0.3 is 0 Å². The zero-order chi connectivity index (χ0) is 17.4. The van der Waals surface area contributed by atoms with Crippen LogP contribution in [0, 0.1) is 5.92 Å². The van der Waals surface area contributed by atoms with Crippen LogP contribution in [0.3, 0.4) is 0 Å². The van der Waals surface area contributed by atoms with Gasteiger partial charge in [-0.05, 0) is 56.1 Å². The van der Waals surface area contributed by atoms with E-state index >= 15 is 0 Å². The molecule has 0 radical (unpaired) electrons. The van der Waals surface area contributed by atoms with Crippen molar-refractivity contribution in [3.8, 4) is 11.3 Å². The molecule has 2 aromatic rings. The van der Waals surface area contributed by atoms with E-state index in [2.05, 4.69) is 16.3 Å². The lowest BCUT2D eigenvalue weighted by Crippen LogP contribution is -2.57. The summed E-state index contributed by atoms with van der Waals surface area (Å²) in [6, 6.07) is 12.0. The number of amides is 1. The van der Waals surface area contributed by atoms with Gasteiger partial charge in [0, 0.05) is 37.9 Å². The lowest BCUT2D eigenvalue weighted by Gasteiger charge is -2.44. The highest BCUT2D eigenvalue weighted by Crippen LogP contribution is 2.29. The number of benzene rings is 1. The number of hydrogen-bond acceptors (Lipinski definition) is 4. The zero-order valence-corrected chi connectivity index (χ0v) is 14.9. The molecule has 5 heteroatoms. The van der Waals surface area contributed by atoms with E-state index in [9.17, 15) is 4.79 Å². The number of furan rings is 1. The number of hydrogen-bond donors (Lipinski definition) is 1. The van der Waals surface area contributed by atoms with Crippen molar-refractivity contribution in [1.82, 2.24) is 10.2 Å². The molecule has 5 rings (SSSR count). The van der Waals surface area contributed by atoms with Crippen molar-refractivity contribution in [2.45, 2.75) is 18.9 Å². The van der Waals surface area contributed by atoms with Crippen molar-refractivity contribution in [2.75, 3.05) is 38.6 Å². The third kappa shape index (κ3) is 3.29. The van der Waals surface area contributed by atoms with Gasteiger partial charge in [-0.15, -0.1) is 0 Å². The maximum atomic E-state index is 12.6. The highest BCUT2D eigenvalue weighted by atomic mass is 16.3. The van der Waals surface area contributed by atoms with Gasteiger partial charge in [0.1, 0.15) is 5.76 Å². The first kappa shape index (κ1) is 16.2. The Bertz CT molecular complexity index is 760. The Morgan fingerprint density at radius 3 is 2.68 bits per heavy atom. The molecule has 1 atom stereocenters. The van der Waals surface area contributed by atoms with Gasteiger partial charge in [-0.1, -0.05) is 12.1 Å². The summed E-state index contributed by atoms with van der Waals surface area (Å²) in [5.74, 6) is 1.62. The normalized spacial score (nSPS) is 25.0. The average Bonchev–Trinajstić information content (AvgIpc) is 3.13. The molecule has 1 unspecified atom stereocenters. The van der Waals surface area contributed by atoms with Crippen molar-refractivity contribution in [3.05, 3.63) is 42.2 Å². The van der Waals surface area contributed by atoms with Gasteiger partial charge in [0.25, 0.3) is 5.91 Å². The molecule has 1 aromatic heterocycles. The molecule has 0 aliphatic carbocycles. The largest absolute Gasteiger partial charge is 0.451 e. The van der Waals surface area contributed by atoms with Crippen LogP contribution in [-0.2, 0) is 0 Å². The number of carbonyl (C=O) groups is 1. The van der Waals surface area contributed by atoms with Crippen molar-refractivity contribution in [1.29, 1.82) is 0 Å². The Hall–Kier alpha value is -2.27. The lowest BCUT2D eigenvalue weighted by atomic mass is 9.84. The minimum absolute atomic E-state index is 0.103. The summed E-state index contributed by atoms with van der Waals surface area (Å²) in [5, 5.41) is 3.18. The fourth-order valence-electron chi connectivity index (χ4n) is 3.92. The molecule has 1 amide bonds. The van der Waals surface area contributed by atoms with Gasteiger partial charge in [0.15, 0.2) is 5.76 Å². The zero-order valence-electron chi connectivity index (χ0n) is 14.9. The molecular formula is C20H25N3O2. The first-order valence-electron chi connectivity index (χ1n) is 9.01. The van der Waals surface area contributed by atoms with E-state index < -0.39 is 0 Å². The number of piperidine rings is 3. The SMILES string of the molecule is CN(C)c1cccc(-c2ccc(C(=O)NC3CN4CCC3CC4)o2)c1. The molecule has 3 aliphatic rings. The summed E-state index contributed by atoms with van der Waals surface area (Å²) in [5.41, 5.74) is 2.08.